The second-order valence-corrected chi connectivity index (χ2v) is 19.9. The van der Waals surface area contributed by atoms with Gasteiger partial charge in [-0.25, -0.2) is 0 Å². The average Bonchev–Trinajstić information content (AvgIpc) is 3.98. The third kappa shape index (κ3) is 6.30. The fraction of sp³-hybridized carbons (Fsp3) is 0.0137. The Bertz CT molecular complexity index is 4270. The van der Waals surface area contributed by atoms with Crippen LogP contribution < -0.4 is 4.90 Å². The van der Waals surface area contributed by atoms with E-state index in [9.17, 15) is 0 Å². The standard InChI is InChI=1S/C73H47N/c1-2-17-48(18-3-1)49-33-35-50(36-34-49)51-37-39-52(40-38-51)53-41-43-55(44-42-53)74(72-66-28-9-7-23-59(66)58-22-6-8-27-65(58)71(72)64-29-16-20-54-19-4-5-21-57(54)64)56-45-46-63-62-26-12-15-32-69(62)73(70(63)47-56)67-30-13-10-24-60(67)61-25-11-14-31-68(61)73/h1-47H. The van der Waals surface area contributed by atoms with E-state index < -0.39 is 5.41 Å². The van der Waals surface area contributed by atoms with Crippen LogP contribution in [0.5, 0.6) is 0 Å². The Hall–Kier alpha value is -9.56. The van der Waals surface area contributed by atoms with Gasteiger partial charge in [0.15, 0.2) is 0 Å². The first-order valence-corrected chi connectivity index (χ1v) is 25.7. The van der Waals surface area contributed by atoms with E-state index in [1.807, 2.05) is 0 Å². The first-order chi connectivity index (χ1) is 36.7. The Morgan fingerprint density at radius 2 is 0.608 bits per heavy atom. The molecule has 2 aliphatic rings. The Morgan fingerprint density at radius 3 is 1.18 bits per heavy atom. The fourth-order valence-corrected chi connectivity index (χ4v) is 12.8. The van der Waals surface area contributed by atoms with Crippen LogP contribution in [-0.2, 0) is 5.41 Å². The molecule has 1 heteroatoms. The Balaban J connectivity index is 0.956. The molecule has 0 aromatic heterocycles. The largest absolute Gasteiger partial charge is 0.309 e. The van der Waals surface area contributed by atoms with Gasteiger partial charge < -0.3 is 4.90 Å². The lowest BCUT2D eigenvalue weighted by Crippen LogP contribution is -2.26. The predicted molar refractivity (Wildman–Crippen MR) is 312 cm³/mol. The van der Waals surface area contributed by atoms with E-state index in [4.69, 9.17) is 0 Å². The maximum absolute atomic E-state index is 2.57. The molecule has 13 aromatic rings. The van der Waals surface area contributed by atoms with Crippen molar-refractivity contribution in [2.75, 3.05) is 4.90 Å². The molecule has 0 bridgehead atoms. The van der Waals surface area contributed by atoms with E-state index in [0.717, 1.165) is 17.1 Å². The van der Waals surface area contributed by atoms with Gasteiger partial charge >= 0.3 is 0 Å². The van der Waals surface area contributed by atoms with E-state index in [0.29, 0.717) is 0 Å². The molecule has 1 nitrogen and oxygen atoms in total. The van der Waals surface area contributed by atoms with Gasteiger partial charge in [-0.1, -0.05) is 261 Å². The third-order valence-electron chi connectivity index (χ3n) is 16.1. The van der Waals surface area contributed by atoms with Gasteiger partial charge in [-0.05, 0) is 135 Å². The van der Waals surface area contributed by atoms with Gasteiger partial charge in [0.05, 0.1) is 11.1 Å². The van der Waals surface area contributed by atoms with Gasteiger partial charge in [0, 0.05) is 22.3 Å². The first-order valence-electron chi connectivity index (χ1n) is 25.7. The molecule has 0 unspecified atom stereocenters. The van der Waals surface area contributed by atoms with E-state index in [2.05, 4.69) is 290 Å². The van der Waals surface area contributed by atoms with Crippen molar-refractivity contribution in [2.24, 2.45) is 0 Å². The van der Waals surface area contributed by atoms with E-state index in [1.54, 1.807) is 0 Å². The molecule has 0 aliphatic heterocycles. The average molecular weight is 938 g/mol. The fourth-order valence-electron chi connectivity index (χ4n) is 12.8. The van der Waals surface area contributed by atoms with Crippen molar-refractivity contribution in [3.05, 3.63) is 307 Å². The van der Waals surface area contributed by atoms with Crippen LogP contribution in [0.1, 0.15) is 22.3 Å². The minimum atomic E-state index is -0.495. The molecular weight excluding hydrogens is 891 g/mol. The number of fused-ring (bicyclic) bond motifs is 14. The molecule has 0 N–H and O–H groups in total. The van der Waals surface area contributed by atoms with E-state index >= 15 is 0 Å². The molecule has 0 heterocycles. The second-order valence-electron chi connectivity index (χ2n) is 19.9. The first kappa shape index (κ1) is 42.2. The molecule has 13 aromatic carbocycles. The zero-order valence-electron chi connectivity index (χ0n) is 40.6. The van der Waals surface area contributed by atoms with Crippen molar-refractivity contribution in [2.45, 2.75) is 5.41 Å². The lowest BCUT2D eigenvalue weighted by atomic mass is 9.70. The molecule has 15 rings (SSSR count). The summed E-state index contributed by atoms with van der Waals surface area (Å²) in [5, 5.41) is 7.32. The lowest BCUT2D eigenvalue weighted by molar-refractivity contribution is 0.793. The maximum Gasteiger partial charge on any atom is 0.0726 e. The maximum atomic E-state index is 2.57. The summed E-state index contributed by atoms with van der Waals surface area (Å²) in [7, 11) is 0. The minimum absolute atomic E-state index is 0.495. The third-order valence-corrected chi connectivity index (χ3v) is 16.1. The van der Waals surface area contributed by atoms with Crippen LogP contribution in [0.3, 0.4) is 0 Å². The van der Waals surface area contributed by atoms with Crippen molar-refractivity contribution >= 4 is 49.4 Å². The molecule has 0 fully saturated rings. The summed E-state index contributed by atoms with van der Waals surface area (Å²) in [5.74, 6) is 0. The molecular formula is C73H47N. The van der Waals surface area contributed by atoms with Crippen molar-refractivity contribution in [1.82, 2.24) is 0 Å². The van der Waals surface area contributed by atoms with Crippen LogP contribution in [0.2, 0.25) is 0 Å². The molecule has 0 amide bonds. The summed E-state index contributed by atoms with van der Waals surface area (Å²) < 4.78 is 0. The normalized spacial score (nSPS) is 12.7. The van der Waals surface area contributed by atoms with Crippen molar-refractivity contribution in [3.63, 3.8) is 0 Å². The van der Waals surface area contributed by atoms with E-state index in [-0.39, 0.29) is 0 Å². The van der Waals surface area contributed by atoms with Crippen molar-refractivity contribution in [1.29, 1.82) is 0 Å². The molecule has 0 radical (unpaired) electrons. The molecule has 0 saturated heterocycles. The quantitative estimate of drug-likeness (QED) is 0.144. The van der Waals surface area contributed by atoms with Crippen LogP contribution in [-0.4, -0.2) is 0 Å². The summed E-state index contributed by atoms with van der Waals surface area (Å²) in [6, 6.07) is 106. The van der Waals surface area contributed by atoms with E-state index in [1.165, 1.54) is 121 Å². The molecule has 0 atom stereocenters. The second kappa shape index (κ2) is 16.8. The molecule has 2 aliphatic carbocycles. The number of rotatable bonds is 7. The van der Waals surface area contributed by atoms with Crippen LogP contribution in [0.25, 0.3) is 99.1 Å². The van der Waals surface area contributed by atoms with Gasteiger partial charge in [0.1, 0.15) is 0 Å². The number of benzene rings is 13. The zero-order chi connectivity index (χ0) is 48.7. The highest BCUT2D eigenvalue weighted by molar-refractivity contribution is 6.24. The molecule has 1 spiro atoms. The predicted octanol–water partition coefficient (Wildman–Crippen LogP) is 19.6. The minimum Gasteiger partial charge on any atom is -0.309 e. The SMILES string of the molecule is c1ccc(-c2ccc(-c3ccc(-c4ccc(N(c5ccc6c(c5)C5(c7ccccc7-c7ccccc75)c5ccccc5-6)c5c(-c6cccc7ccccc67)c6ccccc6c6ccccc56)cc4)cc3)cc2)cc1. The van der Waals surface area contributed by atoms with Gasteiger partial charge in [-0.2, -0.15) is 0 Å². The number of hydrogen-bond donors (Lipinski definition) is 0. The van der Waals surface area contributed by atoms with Crippen LogP contribution >= 0.6 is 0 Å². The number of hydrogen-bond acceptors (Lipinski definition) is 1. The Kier molecular flexibility index (Phi) is 9.55. The monoisotopic (exact) mass is 937 g/mol. The smallest absolute Gasteiger partial charge is 0.0726 e. The van der Waals surface area contributed by atoms with Crippen LogP contribution in [0.15, 0.2) is 285 Å². The Labute approximate surface area is 431 Å². The molecule has 344 valence electrons. The van der Waals surface area contributed by atoms with Crippen LogP contribution in [0, 0.1) is 0 Å². The zero-order valence-corrected chi connectivity index (χ0v) is 40.6. The summed E-state index contributed by atoms with van der Waals surface area (Å²) in [5.41, 5.74) is 23.0. The number of anilines is 3. The van der Waals surface area contributed by atoms with Gasteiger partial charge in [-0.15, -0.1) is 0 Å². The molecule has 0 saturated carbocycles. The molecule has 74 heavy (non-hydrogen) atoms. The topological polar surface area (TPSA) is 3.24 Å². The highest BCUT2D eigenvalue weighted by Crippen LogP contribution is 2.64. The van der Waals surface area contributed by atoms with Crippen LogP contribution in [0.4, 0.5) is 17.1 Å². The Morgan fingerprint density at radius 1 is 0.230 bits per heavy atom. The summed E-state index contributed by atoms with van der Waals surface area (Å²) in [6.07, 6.45) is 0. The van der Waals surface area contributed by atoms with Crippen molar-refractivity contribution in [3.8, 4) is 66.8 Å². The number of nitrogens with zero attached hydrogens (tertiary/aromatic N) is 1. The summed E-state index contributed by atoms with van der Waals surface area (Å²) in [6.45, 7) is 0. The lowest BCUT2D eigenvalue weighted by Gasteiger charge is -2.34. The summed E-state index contributed by atoms with van der Waals surface area (Å²) in [4.78, 5) is 2.57. The summed E-state index contributed by atoms with van der Waals surface area (Å²) >= 11 is 0. The highest BCUT2D eigenvalue weighted by Gasteiger charge is 2.51. The van der Waals surface area contributed by atoms with Gasteiger partial charge in [-0.3, -0.25) is 0 Å². The van der Waals surface area contributed by atoms with Gasteiger partial charge in [0.25, 0.3) is 0 Å². The van der Waals surface area contributed by atoms with Crippen molar-refractivity contribution < 1.29 is 0 Å². The van der Waals surface area contributed by atoms with Gasteiger partial charge in [0.2, 0.25) is 0 Å². The highest BCUT2D eigenvalue weighted by atomic mass is 15.1.